The maximum atomic E-state index is 12.2. The lowest BCUT2D eigenvalue weighted by atomic mass is 10.1. The maximum absolute atomic E-state index is 12.2. The SMILES string of the molecule is Cc1ccc(NC(=O)CSc2ccc(NC(=O)c3ccco3)cc2)c(C)c1. The van der Waals surface area contributed by atoms with Crippen LogP contribution in [0.3, 0.4) is 0 Å². The zero-order chi connectivity index (χ0) is 19.2. The monoisotopic (exact) mass is 380 g/mol. The number of carbonyl (C=O) groups excluding carboxylic acids is 2. The van der Waals surface area contributed by atoms with Crippen molar-refractivity contribution in [3.63, 3.8) is 0 Å². The first-order valence-corrected chi connectivity index (χ1v) is 9.44. The fraction of sp³-hybridized carbons (Fsp3) is 0.143. The van der Waals surface area contributed by atoms with Crippen LogP contribution < -0.4 is 10.6 Å². The first kappa shape index (κ1) is 18.8. The normalized spacial score (nSPS) is 10.4. The number of aryl methyl sites for hydroxylation is 2. The number of hydrogen-bond acceptors (Lipinski definition) is 4. The van der Waals surface area contributed by atoms with Crippen LogP contribution in [0.1, 0.15) is 21.7 Å². The molecule has 0 aliphatic carbocycles. The lowest BCUT2D eigenvalue weighted by Gasteiger charge is -2.09. The Morgan fingerprint density at radius 1 is 1.00 bits per heavy atom. The van der Waals surface area contributed by atoms with Crippen LogP contribution in [0, 0.1) is 13.8 Å². The summed E-state index contributed by atoms with van der Waals surface area (Å²) >= 11 is 1.44. The Morgan fingerprint density at radius 2 is 1.78 bits per heavy atom. The lowest BCUT2D eigenvalue weighted by Crippen LogP contribution is -2.14. The summed E-state index contributed by atoms with van der Waals surface area (Å²) in [6.07, 6.45) is 1.46. The Morgan fingerprint density at radius 3 is 2.44 bits per heavy atom. The minimum atomic E-state index is -0.298. The van der Waals surface area contributed by atoms with E-state index in [0.29, 0.717) is 11.4 Å². The number of nitrogens with one attached hydrogen (secondary N) is 2. The van der Waals surface area contributed by atoms with E-state index in [4.69, 9.17) is 4.42 Å². The van der Waals surface area contributed by atoms with Crippen LogP contribution in [0.4, 0.5) is 11.4 Å². The molecule has 2 N–H and O–H groups in total. The van der Waals surface area contributed by atoms with Gasteiger partial charge in [-0.2, -0.15) is 0 Å². The molecule has 0 aliphatic heterocycles. The molecule has 2 amide bonds. The standard InChI is InChI=1S/C21H20N2O3S/c1-14-5-10-18(15(2)12-14)23-20(24)13-27-17-8-6-16(7-9-17)22-21(25)19-4-3-11-26-19/h3-12H,13H2,1-2H3,(H,22,25)(H,23,24). The highest BCUT2D eigenvalue weighted by Gasteiger charge is 2.09. The molecule has 0 unspecified atom stereocenters. The Kier molecular flexibility index (Phi) is 5.98. The van der Waals surface area contributed by atoms with Crippen molar-refractivity contribution in [2.24, 2.45) is 0 Å². The lowest BCUT2D eigenvalue weighted by molar-refractivity contribution is -0.113. The van der Waals surface area contributed by atoms with Gasteiger partial charge >= 0.3 is 0 Å². The first-order valence-electron chi connectivity index (χ1n) is 8.46. The van der Waals surface area contributed by atoms with Gasteiger partial charge in [0.05, 0.1) is 12.0 Å². The van der Waals surface area contributed by atoms with Gasteiger partial charge in [-0.25, -0.2) is 0 Å². The fourth-order valence-corrected chi connectivity index (χ4v) is 3.22. The third-order valence-electron chi connectivity index (χ3n) is 3.88. The molecule has 0 radical (unpaired) electrons. The largest absolute Gasteiger partial charge is 0.459 e. The molecular formula is C21H20N2O3S. The molecule has 0 saturated heterocycles. The summed E-state index contributed by atoms with van der Waals surface area (Å²) in [5.41, 5.74) is 3.71. The molecule has 5 nitrogen and oxygen atoms in total. The highest BCUT2D eigenvalue weighted by Crippen LogP contribution is 2.22. The summed E-state index contributed by atoms with van der Waals surface area (Å²) in [7, 11) is 0. The van der Waals surface area contributed by atoms with Crippen molar-refractivity contribution < 1.29 is 14.0 Å². The molecule has 0 aliphatic rings. The summed E-state index contributed by atoms with van der Waals surface area (Å²) in [6.45, 7) is 4.00. The number of rotatable bonds is 6. The van der Waals surface area contributed by atoms with Crippen LogP contribution in [0.25, 0.3) is 0 Å². The highest BCUT2D eigenvalue weighted by molar-refractivity contribution is 8.00. The number of amides is 2. The zero-order valence-corrected chi connectivity index (χ0v) is 15.9. The predicted octanol–water partition coefficient (Wildman–Crippen LogP) is 4.88. The minimum absolute atomic E-state index is 0.0536. The smallest absolute Gasteiger partial charge is 0.291 e. The molecule has 1 aromatic heterocycles. The van der Waals surface area contributed by atoms with Crippen molar-refractivity contribution >= 4 is 35.0 Å². The number of anilines is 2. The van der Waals surface area contributed by atoms with Crippen molar-refractivity contribution in [1.82, 2.24) is 0 Å². The van der Waals surface area contributed by atoms with Gasteiger partial charge in [0, 0.05) is 16.3 Å². The second-order valence-corrected chi connectivity index (χ2v) is 7.16. The molecule has 27 heavy (non-hydrogen) atoms. The van der Waals surface area contributed by atoms with E-state index >= 15 is 0 Å². The van der Waals surface area contributed by atoms with Crippen molar-refractivity contribution in [2.75, 3.05) is 16.4 Å². The fourth-order valence-electron chi connectivity index (χ4n) is 2.52. The molecule has 138 valence electrons. The van der Waals surface area contributed by atoms with Gasteiger partial charge in [-0.05, 0) is 61.9 Å². The quantitative estimate of drug-likeness (QED) is 0.598. The van der Waals surface area contributed by atoms with E-state index in [-0.39, 0.29) is 17.6 Å². The van der Waals surface area contributed by atoms with Crippen molar-refractivity contribution in [1.29, 1.82) is 0 Å². The van der Waals surface area contributed by atoms with Crippen LogP contribution >= 0.6 is 11.8 Å². The third kappa shape index (κ3) is 5.24. The molecule has 0 saturated carbocycles. The summed E-state index contributed by atoms with van der Waals surface area (Å²) in [5, 5.41) is 5.69. The Labute approximate surface area is 162 Å². The molecule has 3 rings (SSSR count). The molecular weight excluding hydrogens is 360 g/mol. The van der Waals surface area contributed by atoms with Crippen molar-refractivity contribution in [3.8, 4) is 0 Å². The summed E-state index contributed by atoms with van der Waals surface area (Å²) in [4.78, 5) is 25.0. The number of thioether (sulfide) groups is 1. The highest BCUT2D eigenvalue weighted by atomic mass is 32.2. The van der Waals surface area contributed by atoms with E-state index in [0.717, 1.165) is 16.1 Å². The van der Waals surface area contributed by atoms with E-state index in [9.17, 15) is 9.59 Å². The van der Waals surface area contributed by atoms with Crippen molar-refractivity contribution in [3.05, 3.63) is 77.7 Å². The van der Waals surface area contributed by atoms with Gasteiger partial charge in [0.1, 0.15) is 0 Å². The molecule has 0 atom stereocenters. The van der Waals surface area contributed by atoms with Gasteiger partial charge in [0.2, 0.25) is 5.91 Å². The van der Waals surface area contributed by atoms with E-state index in [1.807, 2.05) is 44.2 Å². The molecule has 2 aromatic carbocycles. The maximum Gasteiger partial charge on any atom is 0.291 e. The van der Waals surface area contributed by atoms with E-state index in [1.54, 1.807) is 24.3 Å². The van der Waals surface area contributed by atoms with Crippen LogP contribution in [0.5, 0.6) is 0 Å². The molecule has 0 fully saturated rings. The van der Waals surface area contributed by atoms with Crippen LogP contribution in [-0.2, 0) is 4.79 Å². The summed E-state index contributed by atoms with van der Waals surface area (Å²) < 4.78 is 5.06. The van der Waals surface area contributed by atoms with Crippen LogP contribution in [-0.4, -0.2) is 17.6 Å². The van der Waals surface area contributed by atoms with Gasteiger partial charge in [-0.1, -0.05) is 17.7 Å². The van der Waals surface area contributed by atoms with Gasteiger partial charge in [0.25, 0.3) is 5.91 Å². The van der Waals surface area contributed by atoms with Crippen LogP contribution in [0.2, 0.25) is 0 Å². The Hall–Kier alpha value is -2.99. The number of benzene rings is 2. The predicted molar refractivity (Wildman–Crippen MR) is 108 cm³/mol. The van der Waals surface area contributed by atoms with E-state index in [2.05, 4.69) is 10.6 Å². The topological polar surface area (TPSA) is 71.3 Å². The Balaban J connectivity index is 1.51. The minimum Gasteiger partial charge on any atom is -0.459 e. The van der Waals surface area contributed by atoms with Gasteiger partial charge in [-0.15, -0.1) is 11.8 Å². The third-order valence-corrected chi connectivity index (χ3v) is 4.90. The molecule has 0 spiro atoms. The average Bonchev–Trinajstić information content (AvgIpc) is 3.18. The van der Waals surface area contributed by atoms with Crippen LogP contribution in [0.15, 0.2) is 70.2 Å². The van der Waals surface area contributed by atoms with Gasteiger partial charge < -0.3 is 15.1 Å². The number of hydrogen-bond donors (Lipinski definition) is 2. The molecule has 0 bridgehead atoms. The second kappa shape index (κ2) is 8.60. The summed E-state index contributed by atoms with van der Waals surface area (Å²) in [6, 6.07) is 16.5. The van der Waals surface area contributed by atoms with Gasteiger partial charge in [0.15, 0.2) is 5.76 Å². The van der Waals surface area contributed by atoms with Crippen molar-refractivity contribution in [2.45, 2.75) is 18.7 Å². The molecule has 6 heteroatoms. The molecule has 3 aromatic rings. The molecule has 1 heterocycles. The number of carbonyl (C=O) groups is 2. The zero-order valence-electron chi connectivity index (χ0n) is 15.1. The number of furan rings is 1. The first-order chi connectivity index (χ1) is 13.0. The Bertz CT molecular complexity index is 935. The average molecular weight is 380 g/mol. The second-order valence-electron chi connectivity index (χ2n) is 6.11. The van der Waals surface area contributed by atoms with E-state index in [1.165, 1.54) is 23.6 Å². The van der Waals surface area contributed by atoms with Gasteiger partial charge in [-0.3, -0.25) is 9.59 Å². The van der Waals surface area contributed by atoms with E-state index < -0.39 is 0 Å². The summed E-state index contributed by atoms with van der Waals surface area (Å²) in [5.74, 6) is 0.220.